The summed E-state index contributed by atoms with van der Waals surface area (Å²) in [5.74, 6) is -0.658. The highest BCUT2D eigenvalue weighted by molar-refractivity contribution is 7.89. The molecule has 3 heterocycles. The molecule has 11 heteroatoms. The molecule has 0 aliphatic carbocycles. The number of halogens is 1. The van der Waals surface area contributed by atoms with Gasteiger partial charge in [-0.15, -0.1) is 0 Å². The van der Waals surface area contributed by atoms with E-state index in [4.69, 9.17) is 4.52 Å². The third kappa shape index (κ3) is 5.08. The molecule has 1 fully saturated rings. The Bertz CT molecular complexity index is 1780. The summed E-state index contributed by atoms with van der Waals surface area (Å²) < 4.78 is 47.6. The molecule has 1 saturated heterocycles. The first-order valence-corrected chi connectivity index (χ1v) is 14.1. The van der Waals surface area contributed by atoms with E-state index in [0.29, 0.717) is 12.0 Å². The van der Waals surface area contributed by atoms with Crippen LogP contribution in [0.2, 0.25) is 0 Å². The fraction of sp³-hybridized carbons (Fsp3) is 0.172. The van der Waals surface area contributed by atoms with Crippen molar-refractivity contribution in [1.82, 2.24) is 24.7 Å². The Kier molecular flexibility index (Phi) is 6.82. The van der Waals surface area contributed by atoms with Crippen LogP contribution < -0.4 is 5.32 Å². The van der Waals surface area contributed by atoms with Crippen LogP contribution in [0, 0.1) is 5.82 Å². The fourth-order valence-electron chi connectivity index (χ4n) is 4.94. The van der Waals surface area contributed by atoms with E-state index in [-0.39, 0.29) is 41.5 Å². The molecule has 0 radical (unpaired) electrons. The van der Waals surface area contributed by atoms with Crippen molar-refractivity contribution in [3.05, 3.63) is 120 Å². The lowest BCUT2D eigenvalue weighted by atomic mass is 9.96. The Labute approximate surface area is 229 Å². The predicted octanol–water partition coefficient (Wildman–Crippen LogP) is 4.61. The number of pyridine rings is 1. The Balaban J connectivity index is 1.23. The highest BCUT2D eigenvalue weighted by atomic mass is 32.2. The van der Waals surface area contributed by atoms with Crippen LogP contribution in [0.4, 0.5) is 4.39 Å². The lowest BCUT2D eigenvalue weighted by Gasteiger charge is -2.21. The predicted molar refractivity (Wildman–Crippen MR) is 144 cm³/mol. The molecule has 6 rings (SSSR count). The van der Waals surface area contributed by atoms with Crippen LogP contribution in [-0.4, -0.2) is 40.3 Å². The molecular formula is C29H24FN5O4S. The number of amides is 1. The minimum absolute atomic E-state index is 0.0191. The van der Waals surface area contributed by atoms with Gasteiger partial charge in [0, 0.05) is 18.1 Å². The van der Waals surface area contributed by atoms with Gasteiger partial charge in [-0.05, 0) is 54.3 Å². The number of hydrogen-bond acceptors (Lipinski definition) is 7. The third-order valence-electron chi connectivity index (χ3n) is 6.98. The van der Waals surface area contributed by atoms with Crippen molar-refractivity contribution in [2.24, 2.45) is 0 Å². The number of carbonyl (C=O) groups excluding carboxylic acids is 1. The molecule has 0 spiro atoms. The second-order valence-electron chi connectivity index (χ2n) is 9.54. The van der Waals surface area contributed by atoms with E-state index in [9.17, 15) is 17.6 Å². The summed E-state index contributed by atoms with van der Waals surface area (Å²) in [6.45, 7) is 0.173. The molecular weight excluding hydrogens is 533 g/mol. The minimum Gasteiger partial charge on any atom is -0.345 e. The largest absolute Gasteiger partial charge is 0.345 e. The van der Waals surface area contributed by atoms with Crippen molar-refractivity contribution >= 4 is 26.8 Å². The van der Waals surface area contributed by atoms with Crippen LogP contribution in [0.15, 0.2) is 101 Å². The van der Waals surface area contributed by atoms with Gasteiger partial charge in [0.15, 0.2) is 5.82 Å². The molecule has 2 aromatic heterocycles. The van der Waals surface area contributed by atoms with Gasteiger partial charge in [0.05, 0.1) is 22.5 Å². The Morgan fingerprint density at radius 2 is 1.77 bits per heavy atom. The number of carbonyl (C=O) groups is 1. The number of hydrogen-bond donors (Lipinski definition) is 1. The molecule has 2 atom stereocenters. The van der Waals surface area contributed by atoms with Gasteiger partial charge in [0.25, 0.3) is 5.91 Å². The zero-order valence-electron chi connectivity index (χ0n) is 21.1. The second kappa shape index (κ2) is 10.6. The van der Waals surface area contributed by atoms with Crippen molar-refractivity contribution in [1.29, 1.82) is 0 Å². The van der Waals surface area contributed by atoms with Crippen LogP contribution in [-0.2, 0) is 16.6 Å². The lowest BCUT2D eigenvalue weighted by molar-refractivity contribution is 0.0949. The number of benzene rings is 3. The van der Waals surface area contributed by atoms with Gasteiger partial charge in [-0.1, -0.05) is 53.7 Å². The van der Waals surface area contributed by atoms with E-state index in [2.05, 4.69) is 20.4 Å². The number of sulfonamides is 1. The van der Waals surface area contributed by atoms with Crippen molar-refractivity contribution in [2.45, 2.75) is 29.8 Å². The summed E-state index contributed by atoms with van der Waals surface area (Å²) in [4.78, 5) is 21.5. The van der Waals surface area contributed by atoms with Gasteiger partial charge in [-0.3, -0.25) is 9.78 Å². The summed E-state index contributed by atoms with van der Waals surface area (Å²) in [6.07, 6.45) is 1.92. The van der Waals surface area contributed by atoms with Crippen LogP contribution in [0.5, 0.6) is 0 Å². The Morgan fingerprint density at radius 1 is 1.02 bits per heavy atom. The van der Waals surface area contributed by atoms with Crippen molar-refractivity contribution in [2.75, 3.05) is 6.54 Å². The molecule has 1 N–H and O–H groups in total. The molecule has 5 aromatic rings. The molecule has 0 bridgehead atoms. The molecule has 0 unspecified atom stereocenters. The average Bonchev–Trinajstić information content (AvgIpc) is 3.64. The van der Waals surface area contributed by atoms with Gasteiger partial charge in [0.2, 0.25) is 15.9 Å². The topological polar surface area (TPSA) is 118 Å². The molecule has 9 nitrogen and oxygen atoms in total. The molecule has 40 heavy (non-hydrogen) atoms. The quantitative estimate of drug-likeness (QED) is 0.311. The summed E-state index contributed by atoms with van der Waals surface area (Å²) in [5, 5.41) is 7.59. The van der Waals surface area contributed by atoms with E-state index >= 15 is 0 Å². The normalized spacial score (nSPS) is 17.7. The van der Waals surface area contributed by atoms with E-state index in [1.165, 1.54) is 22.6 Å². The van der Waals surface area contributed by atoms with Crippen LogP contribution >= 0.6 is 0 Å². The van der Waals surface area contributed by atoms with Gasteiger partial charge < -0.3 is 9.84 Å². The number of nitrogens with zero attached hydrogens (tertiary/aromatic N) is 4. The number of fused-ring (bicyclic) bond motifs is 1. The van der Waals surface area contributed by atoms with Gasteiger partial charge >= 0.3 is 0 Å². The monoisotopic (exact) mass is 557 g/mol. The van der Waals surface area contributed by atoms with Crippen LogP contribution in [0.25, 0.3) is 10.9 Å². The highest BCUT2D eigenvalue weighted by Crippen LogP contribution is 2.43. The molecule has 202 valence electrons. The van der Waals surface area contributed by atoms with E-state index in [1.807, 2.05) is 54.6 Å². The van der Waals surface area contributed by atoms with Gasteiger partial charge in [-0.2, -0.15) is 9.29 Å². The SMILES string of the molecule is O=C(NCc1noc([C@@H]2C[C@@H](c3ccccc3)CN2S(=O)(=O)c2ccc(F)cc2)n1)c1cnc2ccccc2c1. The van der Waals surface area contributed by atoms with Crippen LogP contribution in [0.3, 0.4) is 0 Å². The second-order valence-corrected chi connectivity index (χ2v) is 11.4. The average molecular weight is 558 g/mol. The highest BCUT2D eigenvalue weighted by Gasteiger charge is 2.44. The minimum atomic E-state index is -4.00. The van der Waals surface area contributed by atoms with Crippen molar-refractivity contribution < 1.29 is 22.1 Å². The molecule has 1 amide bonds. The maximum absolute atomic E-state index is 13.6. The molecule has 1 aliphatic rings. The summed E-state index contributed by atoms with van der Waals surface area (Å²) >= 11 is 0. The van der Waals surface area contributed by atoms with Gasteiger partial charge in [-0.25, -0.2) is 12.8 Å². The van der Waals surface area contributed by atoms with E-state index in [1.54, 1.807) is 6.07 Å². The summed E-state index contributed by atoms with van der Waals surface area (Å²) in [5.41, 5.74) is 2.16. The first-order valence-electron chi connectivity index (χ1n) is 12.7. The lowest BCUT2D eigenvalue weighted by Crippen LogP contribution is -2.31. The van der Waals surface area contributed by atoms with E-state index < -0.39 is 21.9 Å². The number of rotatable bonds is 7. The molecule has 0 saturated carbocycles. The zero-order chi connectivity index (χ0) is 27.7. The number of nitrogens with one attached hydrogen (secondary N) is 1. The smallest absolute Gasteiger partial charge is 0.253 e. The third-order valence-corrected chi connectivity index (χ3v) is 8.86. The number of aromatic nitrogens is 3. The zero-order valence-corrected chi connectivity index (χ0v) is 22.0. The van der Waals surface area contributed by atoms with E-state index in [0.717, 1.165) is 28.6 Å². The first kappa shape index (κ1) is 25.8. The summed E-state index contributed by atoms with van der Waals surface area (Å²) in [6, 6.07) is 22.8. The summed E-state index contributed by atoms with van der Waals surface area (Å²) in [7, 11) is -4.00. The Hall–Kier alpha value is -4.48. The number of para-hydroxylation sites is 1. The van der Waals surface area contributed by atoms with Crippen LogP contribution in [0.1, 0.15) is 46.0 Å². The standard InChI is InChI=1S/C29H24FN5O4S/c30-23-10-12-24(13-11-23)40(37,38)35-18-22(19-6-2-1-3-7-19)15-26(35)29-33-27(34-39-29)17-32-28(36)21-14-20-8-4-5-9-25(20)31-16-21/h1-14,16,22,26H,15,17-18H2,(H,32,36)/t22-,26+/m1/s1. The molecule has 3 aromatic carbocycles. The van der Waals surface area contributed by atoms with Gasteiger partial charge in [0.1, 0.15) is 11.9 Å². The Morgan fingerprint density at radius 3 is 2.58 bits per heavy atom. The molecule has 1 aliphatic heterocycles. The van der Waals surface area contributed by atoms with Crippen molar-refractivity contribution in [3.63, 3.8) is 0 Å². The maximum Gasteiger partial charge on any atom is 0.253 e. The fourth-order valence-corrected chi connectivity index (χ4v) is 6.57. The maximum atomic E-state index is 13.6. The van der Waals surface area contributed by atoms with Crippen molar-refractivity contribution in [3.8, 4) is 0 Å². The first-order chi connectivity index (χ1) is 19.4.